The number of rotatable bonds is 8. The zero-order valence-electron chi connectivity index (χ0n) is 12.0. The Hall–Kier alpha value is -0.0400. The minimum absolute atomic E-state index is 0.995. The number of hydrogen-bond acceptors (Lipinski definition) is 3. The lowest BCUT2D eigenvalue weighted by Gasteiger charge is -2.14. The van der Waals surface area contributed by atoms with Crippen LogP contribution in [0, 0.1) is 0 Å². The number of halogens is 1. The van der Waals surface area contributed by atoms with E-state index in [1.165, 1.54) is 11.1 Å². The summed E-state index contributed by atoms with van der Waals surface area (Å²) < 4.78 is 2.25. The summed E-state index contributed by atoms with van der Waals surface area (Å²) in [7, 11) is 8.09. The molecule has 0 bridgehead atoms. The van der Waals surface area contributed by atoms with Gasteiger partial charge >= 0.3 is 0 Å². The van der Waals surface area contributed by atoms with Gasteiger partial charge in [-0.1, -0.05) is 36.4 Å². The molecular formula is C15H23IN2S. The fourth-order valence-electron chi connectivity index (χ4n) is 1.84. The van der Waals surface area contributed by atoms with Gasteiger partial charge in [-0.3, -0.25) is 0 Å². The van der Waals surface area contributed by atoms with E-state index in [0.717, 1.165) is 25.9 Å². The van der Waals surface area contributed by atoms with Crippen molar-refractivity contribution in [1.82, 2.24) is 9.21 Å². The lowest BCUT2D eigenvalue weighted by Crippen LogP contribution is -2.11. The van der Waals surface area contributed by atoms with Crippen LogP contribution in [0.4, 0.5) is 0 Å². The van der Waals surface area contributed by atoms with Crippen LogP contribution in [0.5, 0.6) is 0 Å². The van der Waals surface area contributed by atoms with Gasteiger partial charge in [0.1, 0.15) is 0 Å². The van der Waals surface area contributed by atoms with Crippen molar-refractivity contribution in [3.05, 3.63) is 47.5 Å². The average Bonchev–Trinajstić information content (AvgIpc) is 2.39. The van der Waals surface area contributed by atoms with Crippen LogP contribution in [0.2, 0.25) is 0 Å². The summed E-state index contributed by atoms with van der Waals surface area (Å²) >= 11 is 2.32. The normalized spacial score (nSPS) is 11.9. The number of benzene rings is 1. The molecule has 4 heteroatoms. The van der Waals surface area contributed by atoms with Crippen LogP contribution in [0.1, 0.15) is 17.5 Å². The highest BCUT2D eigenvalue weighted by molar-refractivity contribution is 14.2. The molecule has 1 rings (SSSR count). The van der Waals surface area contributed by atoms with Crippen LogP contribution in [0.25, 0.3) is 0 Å². The molecule has 0 atom stereocenters. The topological polar surface area (TPSA) is 6.48 Å². The molecule has 19 heavy (non-hydrogen) atoms. The number of nitrogens with zero attached hydrogens (tertiary/aromatic N) is 2. The molecule has 0 saturated heterocycles. The van der Waals surface area contributed by atoms with Gasteiger partial charge in [-0.25, -0.2) is 4.31 Å². The van der Waals surface area contributed by atoms with Gasteiger partial charge in [-0.15, -0.1) is 0 Å². The number of hydrogen-bond donors (Lipinski definition) is 0. The molecule has 0 aliphatic rings. The summed E-state index contributed by atoms with van der Waals surface area (Å²) in [5.41, 5.74) is 2.85. The molecule has 1 aromatic rings. The molecule has 0 unspecified atom stereocenters. The van der Waals surface area contributed by atoms with Gasteiger partial charge in [-0.05, 0) is 54.2 Å². The first-order chi connectivity index (χ1) is 9.13. The molecule has 0 amide bonds. The Morgan fingerprint density at radius 2 is 1.79 bits per heavy atom. The fourth-order valence-corrected chi connectivity index (χ4v) is 2.44. The van der Waals surface area contributed by atoms with Gasteiger partial charge in [0.15, 0.2) is 0 Å². The van der Waals surface area contributed by atoms with Gasteiger partial charge in [-0.2, -0.15) is 0 Å². The standard InChI is InChI=1S/C15H23IN2S/c1-17(2)12-8-4-5-9-14-10-6-7-11-15(14)13-18(3)19-16/h4-7,10-11H,8-9,12-13H2,1-3H3/b5-4-. The second kappa shape index (κ2) is 9.80. The third-order valence-electron chi connectivity index (χ3n) is 2.88. The molecule has 1 aromatic carbocycles. The first-order valence-electron chi connectivity index (χ1n) is 6.50. The predicted molar refractivity (Wildman–Crippen MR) is 95.5 cm³/mol. The smallest absolute Gasteiger partial charge is 0.0347 e. The van der Waals surface area contributed by atoms with Crippen LogP contribution < -0.4 is 0 Å². The van der Waals surface area contributed by atoms with Gasteiger partial charge in [0.2, 0.25) is 0 Å². The molecule has 0 saturated carbocycles. The maximum absolute atomic E-state index is 2.32. The van der Waals surface area contributed by atoms with Crippen molar-refractivity contribution < 1.29 is 0 Å². The van der Waals surface area contributed by atoms with Crippen LogP contribution in [-0.2, 0) is 13.0 Å². The van der Waals surface area contributed by atoms with Gasteiger partial charge in [0.25, 0.3) is 0 Å². The zero-order chi connectivity index (χ0) is 14.1. The van der Waals surface area contributed by atoms with Crippen molar-refractivity contribution >= 4 is 30.3 Å². The van der Waals surface area contributed by atoms with E-state index in [1.54, 1.807) is 9.12 Å². The van der Waals surface area contributed by atoms with Crippen LogP contribution in [-0.4, -0.2) is 36.9 Å². The summed E-state index contributed by atoms with van der Waals surface area (Å²) in [6.45, 7) is 2.11. The summed E-state index contributed by atoms with van der Waals surface area (Å²) in [5, 5.41) is 0. The largest absolute Gasteiger partial charge is 0.309 e. The molecule has 0 radical (unpaired) electrons. The Balaban J connectivity index is 2.53. The fraction of sp³-hybridized carbons (Fsp3) is 0.467. The van der Waals surface area contributed by atoms with E-state index >= 15 is 0 Å². The highest BCUT2D eigenvalue weighted by Gasteiger charge is 2.03. The molecule has 0 N–H and O–H groups in total. The Labute approximate surface area is 134 Å². The van der Waals surface area contributed by atoms with Crippen molar-refractivity contribution in [3.63, 3.8) is 0 Å². The molecular weight excluding hydrogens is 367 g/mol. The molecule has 0 heterocycles. The Morgan fingerprint density at radius 3 is 2.42 bits per heavy atom. The van der Waals surface area contributed by atoms with Crippen molar-refractivity contribution in [2.45, 2.75) is 19.4 Å². The third kappa shape index (κ3) is 7.34. The number of allylic oxidation sites excluding steroid dienone is 1. The minimum Gasteiger partial charge on any atom is -0.309 e. The predicted octanol–water partition coefficient (Wildman–Crippen LogP) is 4.17. The van der Waals surface area contributed by atoms with E-state index in [4.69, 9.17) is 0 Å². The van der Waals surface area contributed by atoms with E-state index < -0.39 is 0 Å². The highest BCUT2D eigenvalue weighted by atomic mass is 127. The van der Waals surface area contributed by atoms with Gasteiger partial charge in [0.05, 0.1) is 0 Å². The lowest BCUT2D eigenvalue weighted by molar-refractivity contribution is 0.417. The van der Waals surface area contributed by atoms with Crippen molar-refractivity contribution in [1.29, 1.82) is 0 Å². The average molecular weight is 390 g/mol. The Morgan fingerprint density at radius 1 is 1.11 bits per heavy atom. The van der Waals surface area contributed by atoms with E-state index in [9.17, 15) is 0 Å². The SMILES string of the molecule is CN(C)CC/C=C\Cc1ccccc1CN(C)SI. The quantitative estimate of drug-likeness (QED) is 0.374. The summed E-state index contributed by atoms with van der Waals surface area (Å²) in [6.07, 6.45) is 6.73. The highest BCUT2D eigenvalue weighted by Crippen LogP contribution is 2.21. The van der Waals surface area contributed by atoms with Crippen molar-refractivity contribution in [2.75, 3.05) is 27.7 Å². The van der Waals surface area contributed by atoms with Crippen LogP contribution >= 0.6 is 30.3 Å². The Kier molecular flexibility index (Phi) is 8.77. The first kappa shape index (κ1) is 17.0. The summed E-state index contributed by atoms with van der Waals surface area (Å²) in [6, 6.07) is 8.72. The minimum atomic E-state index is 0.995. The second-order valence-corrected chi connectivity index (χ2v) is 6.83. The van der Waals surface area contributed by atoms with E-state index in [1.807, 2.05) is 0 Å². The summed E-state index contributed by atoms with van der Waals surface area (Å²) in [4.78, 5) is 2.21. The molecule has 0 aliphatic carbocycles. The maximum atomic E-state index is 2.32. The van der Waals surface area contributed by atoms with Crippen LogP contribution in [0.3, 0.4) is 0 Å². The van der Waals surface area contributed by atoms with Crippen molar-refractivity contribution in [3.8, 4) is 0 Å². The summed E-state index contributed by atoms with van der Waals surface area (Å²) in [5.74, 6) is 0. The second-order valence-electron chi connectivity index (χ2n) is 4.89. The molecule has 0 aromatic heterocycles. The molecule has 0 fully saturated rings. The van der Waals surface area contributed by atoms with Crippen LogP contribution in [0.15, 0.2) is 36.4 Å². The monoisotopic (exact) mass is 390 g/mol. The van der Waals surface area contributed by atoms with E-state index in [-0.39, 0.29) is 0 Å². The molecule has 2 nitrogen and oxygen atoms in total. The van der Waals surface area contributed by atoms with Crippen molar-refractivity contribution in [2.24, 2.45) is 0 Å². The third-order valence-corrected chi connectivity index (χ3v) is 5.26. The molecule has 0 spiro atoms. The first-order valence-corrected chi connectivity index (χ1v) is 9.81. The molecule has 106 valence electrons. The Bertz CT molecular complexity index is 393. The zero-order valence-corrected chi connectivity index (χ0v) is 14.9. The van der Waals surface area contributed by atoms with E-state index in [2.05, 4.69) is 88.0 Å². The van der Waals surface area contributed by atoms with E-state index in [0.29, 0.717) is 0 Å². The van der Waals surface area contributed by atoms with Gasteiger partial charge in [0, 0.05) is 34.3 Å². The lowest BCUT2D eigenvalue weighted by atomic mass is 10.0. The molecule has 0 aliphatic heterocycles. The maximum Gasteiger partial charge on any atom is 0.0347 e. The van der Waals surface area contributed by atoms with Gasteiger partial charge < -0.3 is 4.90 Å².